The van der Waals surface area contributed by atoms with Crippen LogP contribution >= 0.6 is 0 Å². The van der Waals surface area contributed by atoms with E-state index in [9.17, 15) is 32.2 Å². The van der Waals surface area contributed by atoms with Crippen LogP contribution < -0.4 is 4.90 Å². The molecule has 0 unspecified atom stereocenters. The van der Waals surface area contributed by atoms with Crippen molar-refractivity contribution < 1.29 is 32.2 Å². The second-order valence-corrected chi connectivity index (χ2v) is 7.95. The Morgan fingerprint density at radius 2 is 0.938 bits per heavy atom. The number of rotatable bonds is 5. The van der Waals surface area contributed by atoms with Crippen LogP contribution in [0.1, 0.15) is 33.4 Å². The summed E-state index contributed by atoms with van der Waals surface area (Å²) < 4.78 is 70.9. The fourth-order valence-electron chi connectivity index (χ4n) is 3.83. The highest BCUT2D eigenvalue weighted by molar-refractivity contribution is 5.55. The zero-order valence-corrected chi connectivity index (χ0v) is 18.0. The third-order valence-electron chi connectivity index (χ3n) is 5.27. The Morgan fingerprint density at radius 1 is 0.594 bits per heavy atom. The first-order chi connectivity index (χ1) is 14.9. The molecular formula is C24H22F5NO2. The number of phenols is 2. The fraction of sp³-hybridized carbons (Fsp3) is 0.250. The van der Waals surface area contributed by atoms with Gasteiger partial charge in [-0.1, -0.05) is 35.4 Å². The van der Waals surface area contributed by atoms with Gasteiger partial charge in [-0.25, -0.2) is 22.0 Å². The number of hydrogen-bond acceptors (Lipinski definition) is 3. The Kier molecular flexibility index (Phi) is 6.34. The predicted octanol–water partition coefficient (Wildman–Crippen LogP) is 6.23. The number of aromatic hydroxyl groups is 2. The van der Waals surface area contributed by atoms with Gasteiger partial charge in [-0.3, -0.25) is 0 Å². The number of halogens is 5. The average molecular weight is 451 g/mol. The van der Waals surface area contributed by atoms with Crippen molar-refractivity contribution in [2.45, 2.75) is 40.8 Å². The van der Waals surface area contributed by atoms with Gasteiger partial charge in [0.15, 0.2) is 23.3 Å². The molecule has 3 aromatic rings. The maximum absolute atomic E-state index is 14.7. The van der Waals surface area contributed by atoms with E-state index in [-0.39, 0.29) is 35.7 Å². The highest BCUT2D eigenvalue weighted by Gasteiger charge is 2.30. The number of phenolic OH excluding ortho intramolecular Hbond substituents is 2. The van der Waals surface area contributed by atoms with E-state index in [1.54, 1.807) is 52.0 Å². The van der Waals surface area contributed by atoms with Crippen LogP contribution in [0.15, 0.2) is 24.3 Å². The highest BCUT2D eigenvalue weighted by Crippen LogP contribution is 2.36. The number of nitrogens with zero attached hydrogens (tertiary/aromatic N) is 1. The summed E-state index contributed by atoms with van der Waals surface area (Å²) in [6.45, 7) is 6.00. The zero-order valence-electron chi connectivity index (χ0n) is 18.0. The van der Waals surface area contributed by atoms with Crippen molar-refractivity contribution in [2.24, 2.45) is 0 Å². The van der Waals surface area contributed by atoms with Gasteiger partial charge >= 0.3 is 0 Å². The predicted molar refractivity (Wildman–Crippen MR) is 111 cm³/mol. The molecule has 0 spiro atoms. The van der Waals surface area contributed by atoms with Crippen molar-refractivity contribution >= 4 is 5.69 Å². The summed E-state index contributed by atoms with van der Waals surface area (Å²) in [5, 5.41) is 20.9. The van der Waals surface area contributed by atoms with Crippen molar-refractivity contribution in [3.63, 3.8) is 0 Å². The summed E-state index contributed by atoms with van der Waals surface area (Å²) in [4.78, 5) is 0.915. The number of hydrogen-bond donors (Lipinski definition) is 2. The lowest BCUT2D eigenvalue weighted by atomic mass is 10.0. The lowest BCUT2D eigenvalue weighted by molar-refractivity contribution is 0.377. The molecule has 0 aliphatic carbocycles. The number of benzene rings is 3. The topological polar surface area (TPSA) is 43.7 Å². The van der Waals surface area contributed by atoms with Crippen molar-refractivity contribution in [1.82, 2.24) is 0 Å². The highest BCUT2D eigenvalue weighted by atomic mass is 19.2. The fourth-order valence-corrected chi connectivity index (χ4v) is 3.83. The molecule has 3 rings (SSSR count). The van der Waals surface area contributed by atoms with Gasteiger partial charge in [0.05, 0.1) is 0 Å². The van der Waals surface area contributed by atoms with Crippen LogP contribution in [0.3, 0.4) is 0 Å². The molecule has 0 aromatic heterocycles. The van der Waals surface area contributed by atoms with Crippen LogP contribution in [0, 0.1) is 56.8 Å². The molecule has 32 heavy (non-hydrogen) atoms. The molecular weight excluding hydrogens is 429 g/mol. The summed E-state index contributed by atoms with van der Waals surface area (Å²) in [6.07, 6.45) is 0. The monoisotopic (exact) mass is 451 g/mol. The summed E-state index contributed by atoms with van der Waals surface area (Å²) >= 11 is 0. The normalized spacial score (nSPS) is 11.2. The Labute approximate surface area is 182 Å². The summed E-state index contributed by atoms with van der Waals surface area (Å²) in [5.74, 6) is -10.7. The van der Waals surface area contributed by atoms with Gasteiger partial charge in [-0.15, -0.1) is 0 Å². The van der Waals surface area contributed by atoms with E-state index in [0.717, 1.165) is 16.0 Å². The minimum Gasteiger partial charge on any atom is -0.507 e. The van der Waals surface area contributed by atoms with E-state index in [1.807, 2.05) is 0 Å². The Morgan fingerprint density at radius 3 is 1.31 bits per heavy atom. The Hall–Kier alpha value is -3.29. The second kappa shape index (κ2) is 8.68. The molecule has 8 heteroatoms. The van der Waals surface area contributed by atoms with E-state index in [1.165, 1.54) is 0 Å². The van der Waals surface area contributed by atoms with Crippen LogP contribution in [0.25, 0.3) is 0 Å². The molecule has 2 N–H and O–H groups in total. The van der Waals surface area contributed by atoms with Crippen LogP contribution in [0.5, 0.6) is 11.5 Å². The summed E-state index contributed by atoms with van der Waals surface area (Å²) in [6, 6.07) is 6.50. The van der Waals surface area contributed by atoms with Crippen molar-refractivity contribution in [1.29, 1.82) is 0 Å². The zero-order chi connectivity index (χ0) is 23.9. The van der Waals surface area contributed by atoms with Gasteiger partial charge in [0, 0.05) is 24.2 Å². The molecule has 0 aliphatic heterocycles. The van der Waals surface area contributed by atoms with Crippen LogP contribution in [-0.2, 0) is 13.1 Å². The van der Waals surface area contributed by atoms with E-state index in [2.05, 4.69) is 0 Å². The first kappa shape index (κ1) is 23.4. The minimum absolute atomic E-state index is 0.158. The average Bonchev–Trinajstić information content (AvgIpc) is 2.72. The van der Waals surface area contributed by atoms with Gasteiger partial charge in [0.2, 0.25) is 5.82 Å². The van der Waals surface area contributed by atoms with Crippen molar-refractivity contribution in [3.05, 3.63) is 86.7 Å². The summed E-state index contributed by atoms with van der Waals surface area (Å²) in [7, 11) is 0. The molecule has 0 atom stereocenters. The standard InChI is InChI=1S/C24H22F5NO2/c1-11-5-13(3)23(31)15(7-11)9-30(10-16-8-12(2)6-14(4)24(16)32)22-20(28)18(26)17(25)19(27)21(22)29/h5-8,31-32H,9-10H2,1-4H3. The first-order valence-corrected chi connectivity index (χ1v) is 9.76. The molecule has 0 radical (unpaired) electrons. The third kappa shape index (κ3) is 4.22. The molecule has 0 fully saturated rings. The van der Waals surface area contributed by atoms with Crippen LogP contribution in [-0.4, -0.2) is 10.2 Å². The van der Waals surface area contributed by atoms with Gasteiger partial charge < -0.3 is 15.1 Å². The molecule has 0 amide bonds. The molecule has 0 saturated carbocycles. The van der Waals surface area contributed by atoms with Crippen molar-refractivity contribution in [2.75, 3.05) is 4.90 Å². The Bertz CT molecular complexity index is 1120. The Balaban J connectivity index is 2.22. The SMILES string of the molecule is Cc1cc(C)c(O)c(CN(Cc2cc(C)cc(C)c2O)c2c(F)c(F)c(F)c(F)c2F)c1. The summed E-state index contributed by atoms with van der Waals surface area (Å²) in [5.41, 5.74) is 1.78. The smallest absolute Gasteiger partial charge is 0.200 e. The molecule has 0 bridgehead atoms. The first-order valence-electron chi connectivity index (χ1n) is 9.76. The molecule has 0 aliphatic rings. The molecule has 0 heterocycles. The molecule has 170 valence electrons. The maximum Gasteiger partial charge on any atom is 0.200 e. The third-order valence-corrected chi connectivity index (χ3v) is 5.27. The molecule has 3 nitrogen and oxygen atoms in total. The van der Waals surface area contributed by atoms with Crippen LogP contribution in [0.4, 0.5) is 27.6 Å². The lowest BCUT2D eigenvalue weighted by Gasteiger charge is -2.28. The van der Waals surface area contributed by atoms with E-state index < -0.39 is 34.8 Å². The van der Waals surface area contributed by atoms with E-state index in [0.29, 0.717) is 11.1 Å². The van der Waals surface area contributed by atoms with Gasteiger partial charge in [-0.05, 0) is 38.8 Å². The maximum atomic E-state index is 14.7. The quantitative estimate of drug-likeness (QED) is 0.274. The van der Waals surface area contributed by atoms with E-state index in [4.69, 9.17) is 0 Å². The molecule has 0 saturated heterocycles. The molecule has 3 aromatic carbocycles. The number of anilines is 1. The van der Waals surface area contributed by atoms with Gasteiger partial charge in [-0.2, -0.15) is 0 Å². The van der Waals surface area contributed by atoms with Gasteiger partial charge in [0.1, 0.15) is 17.2 Å². The largest absolute Gasteiger partial charge is 0.507 e. The van der Waals surface area contributed by atoms with Gasteiger partial charge in [0.25, 0.3) is 0 Å². The number of aryl methyl sites for hydroxylation is 4. The van der Waals surface area contributed by atoms with E-state index >= 15 is 0 Å². The second-order valence-electron chi connectivity index (χ2n) is 7.95. The van der Waals surface area contributed by atoms with Crippen LogP contribution in [0.2, 0.25) is 0 Å². The lowest BCUT2D eigenvalue weighted by Crippen LogP contribution is -2.26. The van der Waals surface area contributed by atoms with Crippen molar-refractivity contribution in [3.8, 4) is 11.5 Å². The minimum atomic E-state index is -2.26.